The molecule has 0 radical (unpaired) electrons. The standard InChI is InChI=1S/C10H15N5O/c1-14-3-2-4-15(7-10(14)16)9-6-12-8(11)5-13-9/h5-6H,2-4,7H2,1H3,(H2,11,12). The first-order valence-corrected chi connectivity index (χ1v) is 5.23. The number of anilines is 2. The van der Waals surface area contributed by atoms with Crippen molar-refractivity contribution in [2.24, 2.45) is 0 Å². The predicted octanol–water partition coefficient (Wildman–Crippen LogP) is -0.273. The van der Waals surface area contributed by atoms with E-state index in [1.165, 1.54) is 6.20 Å². The number of hydrogen-bond acceptors (Lipinski definition) is 5. The van der Waals surface area contributed by atoms with Crippen LogP contribution < -0.4 is 10.6 Å². The average Bonchev–Trinajstić information content (AvgIpc) is 2.43. The maximum atomic E-state index is 11.7. The van der Waals surface area contributed by atoms with Crippen LogP contribution in [0, 0.1) is 0 Å². The van der Waals surface area contributed by atoms with Gasteiger partial charge in [-0.3, -0.25) is 4.79 Å². The topological polar surface area (TPSA) is 75.3 Å². The third kappa shape index (κ3) is 2.21. The van der Waals surface area contributed by atoms with Crippen molar-refractivity contribution in [3.05, 3.63) is 12.4 Å². The van der Waals surface area contributed by atoms with Crippen LogP contribution in [0.3, 0.4) is 0 Å². The van der Waals surface area contributed by atoms with Crippen LogP contribution in [0.4, 0.5) is 11.6 Å². The van der Waals surface area contributed by atoms with Crippen molar-refractivity contribution in [1.82, 2.24) is 14.9 Å². The van der Waals surface area contributed by atoms with Crippen molar-refractivity contribution < 1.29 is 4.79 Å². The Morgan fingerprint density at radius 3 is 2.81 bits per heavy atom. The minimum absolute atomic E-state index is 0.108. The minimum Gasteiger partial charge on any atom is -0.382 e. The molecule has 1 aromatic rings. The van der Waals surface area contributed by atoms with E-state index < -0.39 is 0 Å². The van der Waals surface area contributed by atoms with E-state index in [0.29, 0.717) is 18.2 Å². The lowest BCUT2D eigenvalue weighted by Gasteiger charge is -2.20. The van der Waals surface area contributed by atoms with Gasteiger partial charge in [0.2, 0.25) is 5.91 Å². The molecule has 6 nitrogen and oxygen atoms in total. The zero-order valence-corrected chi connectivity index (χ0v) is 9.26. The Morgan fingerprint density at radius 1 is 1.31 bits per heavy atom. The third-order valence-corrected chi connectivity index (χ3v) is 2.66. The Morgan fingerprint density at radius 2 is 2.12 bits per heavy atom. The average molecular weight is 221 g/mol. The Kier molecular flexibility index (Phi) is 2.89. The second-order valence-corrected chi connectivity index (χ2v) is 3.89. The molecule has 16 heavy (non-hydrogen) atoms. The number of rotatable bonds is 1. The summed E-state index contributed by atoms with van der Waals surface area (Å²) >= 11 is 0. The van der Waals surface area contributed by atoms with Crippen molar-refractivity contribution in [3.63, 3.8) is 0 Å². The van der Waals surface area contributed by atoms with Crippen LogP contribution in [0.15, 0.2) is 12.4 Å². The molecule has 0 aliphatic carbocycles. The molecule has 1 aromatic heterocycles. The fourth-order valence-electron chi connectivity index (χ4n) is 1.68. The Hall–Kier alpha value is -1.85. The van der Waals surface area contributed by atoms with Crippen LogP contribution in [0.5, 0.6) is 0 Å². The van der Waals surface area contributed by atoms with Gasteiger partial charge in [-0.1, -0.05) is 0 Å². The zero-order valence-electron chi connectivity index (χ0n) is 9.26. The summed E-state index contributed by atoms with van der Waals surface area (Å²) in [7, 11) is 1.82. The number of likely N-dealkylation sites (N-methyl/N-ethyl adjacent to an activating group) is 1. The number of carbonyl (C=O) groups excluding carboxylic acids is 1. The van der Waals surface area contributed by atoms with Gasteiger partial charge in [-0.25, -0.2) is 9.97 Å². The molecule has 6 heteroatoms. The molecule has 0 saturated carbocycles. The van der Waals surface area contributed by atoms with E-state index >= 15 is 0 Å². The molecule has 1 aliphatic rings. The molecular formula is C10H15N5O. The summed E-state index contributed by atoms with van der Waals surface area (Å²) in [5.41, 5.74) is 5.47. The van der Waals surface area contributed by atoms with E-state index in [4.69, 9.17) is 5.73 Å². The highest BCUT2D eigenvalue weighted by Gasteiger charge is 2.19. The van der Waals surface area contributed by atoms with Crippen molar-refractivity contribution in [2.45, 2.75) is 6.42 Å². The fourth-order valence-corrected chi connectivity index (χ4v) is 1.68. The highest BCUT2D eigenvalue weighted by molar-refractivity contribution is 5.81. The smallest absolute Gasteiger partial charge is 0.241 e. The summed E-state index contributed by atoms with van der Waals surface area (Å²) < 4.78 is 0. The third-order valence-electron chi connectivity index (χ3n) is 2.66. The van der Waals surface area contributed by atoms with Gasteiger partial charge < -0.3 is 15.5 Å². The number of nitrogens with two attached hydrogens (primary N) is 1. The highest BCUT2D eigenvalue weighted by Crippen LogP contribution is 2.12. The van der Waals surface area contributed by atoms with Crippen LogP contribution in [-0.2, 0) is 4.79 Å². The summed E-state index contributed by atoms with van der Waals surface area (Å²) in [4.78, 5) is 23.5. The quantitative estimate of drug-likeness (QED) is 0.706. The molecule has 1 fully saturated rings. The molecule has 2 rings (SSSR count). The van der Waals surface area contributed by atoms with Crippen LogP contribution in [0.2, 0.25) is 0 Å². The molecule has 1 aliphatic heterocycles. The maximum Gasteiger partial charge on any atom is 0.241 e. The lowest BCUT2D eigenvalue weighted by atomic mass is 10.4. The molecule has 1 saturated heterocycles. The number of nitrogen functional groups attached to an aromatic ring is 1. The first-order valence-electron chi connectivity index (χ1n) is 5.23. The molecule has 0 bridgehead atoms. The normalized spacial score (nSPS) is 17.4. The van der Waals surface area contributed by atoms with E-state index in [9.17, 15) is 4.79 Å². The SMILES string of the molecule is CN1CCCN(c2cnc(N)cn2)CC1=O. The minimum atomic E-state index is 0.108. The first kappa shape index (κ1) is 10.7. The van der Waals surface area contributed by atoms with Crippen molar-refractivity contribution >= 4 is 17.5 Å². The molecule has 0 spiro atoms. The fraction of sp³-hybridized carbons (Fsp3) is 0.500. The molecule has 1 amide bonds. The maximum absolute atomic E-state index is 11.7. The van der Waals surface area contributed by atoms with E-state index in [0.717, 1.165) is 19.5 Å². The zero-order chi connectivity index (χ0) is 11.5. The number of nitrogens with zero attached hydrogens (tertiary/aromatic N) is 4. The summed E-state index contributed by atoms with van der Waals surface area (Å²) in [6, 6.07) is 0. The van der Waals surface area contributed by atoms with Gasteiger partial charge in [0.05, 0.1) is 18.9 Å². The van der Waals surface area contributed by atoms with Crippen LogP contribution >= 0.6 is 0 Å². The molecule has 0 atom stereocenters. The van der Waals surface area contributed by atoms with Crippen molar-refractivity contribution in [3.8, 4) is 0 Å². The first-order chi connectivity index (χ1) is 7.66. The van der Waals surface area contributed by atoms with Gasteiger partial charge in [0, 0.05) is 20.1 Å². The lowest BCUT2D eigenvalue weighted by Crippen LogP contribution is -2.34. The summed E-state index contributed by atoms with van der Waals surface area (Å²) in [6.45, 7) is 1.96. The van der Waals surface area contributed by atoms with E-state index in [2.05, 4.69) is 9.97 Å². The van der Waals surface area contributed by atoms with E-state index in [1.54, 1.807) is 11.1 Å². The Bertz CT molecular complexity index is 377. The summed E-state index contributed by atoms with van der Waals surface area (Å²) in [6.07, 6.45) is 4.05. The molecular weight excluding hydrogens is 206 g/mol. The van der Waals surface area contributed by atoms with Crippen molar-refractivity contribution in [1.29, 1.82) is 0 Å². The van der Waals surface area contributed by atoms with Gasteiger partial charge in [-0.05, 0) is 6.42 Å². The number of hydrogen-bond donors (Lipinski definition) is 1. The van der Waals surface area contributed by atoms with Gasteiger partial charge in [0.1, 0.15) is 11.6 Å². The second kappa shape index (κ2) is 4.34. The monoisotopic (exact) mass is 221 g/mol. The van der Waals surface area contributed by atoms with Gasteiger partial charge >= 0.3 is 0 Å². The largest absolute Gasteiger partial charge is 0.382 e. The molecule has 0 aromatic carbocycles. The van der Waals surface area contributed by atoms with Crippen LogP contribution in [0.1, 0.15) is 6.42 Å². The van der Waals surface area contributed by atoms with E-state index in [-0.39, 0.29) is 5.91 Å². The van der Waals surface area contributed by atoms with Gasteiger partial charge in [-0.15, -0.1) is 0 Å². The molecule has 0 unspecified atom stereocenters. The van der Waals surface area contributed by atoms with Gasteiger partial charge in [0.25, 0.3) is 0 Å². The second-order valence-electron chi connectivity index (χ2n) is 3.89. The van der Waals surface area contributed by atoms with Crippen LogP contribution in [0.25, 0.3) is 0 Å². The Balaban J connectivity index is 2.14. The van der Waals surface area contributed by atoms with Crippen LogP contribution in [-0.4, -0.2) is 47.5 Å². The summed E-state index contributed by atoms with van der Waals surface area (Å²) in [5, 5.41) is 0. The van der Waals surface area contributed by atoms with Gasteiger partial charge in [-0.2, -0.15) is 0 Å². The highest BCUT2D eigenvalue weighted by atomic mass is 16.2. The van der Waals surface area contributed by atoms with E-state index in [1.807, 2.05) is 11.9 Å². The number of carbonyl (C=O) groups is 1. The summed E-state index contributed by atoms with van der Waals surface area (Å²) in [5.74, 6) is 1.20. The number of amides is 1. The van der Waals surface area contributed by atoms with Gasteiger partial charge in [0.15, 0.2) is 0 Å². The predicted molar refractivity (Wildman–Crippen MR) is 60.9 cm³/mol. The number of aromatic nitrogens is 2. The molecule has 2 heterocycles. The molecule has 2 N–H and O–H groups in total. The lowest BCUT2D eigenvalue weighted by molar-refractivity contribution is -0.127. The Labute approximate surface area is 94.1 Å². The molecule has 86 valence electrons. The van der Waals surface area contributed by atoms with Crippen molar-refractivity contribution in [2.75, 3.05) is 37.3 Å².